The molecule has 0 saturated carbocycles. The van der Waals surface area contributed by atoms with Gasteiger partial charge in [0.1, 0.15) is 0 Å². The fraction of sp³-hybridized carbons (Fsp3) is 0.611. The van der Waals surface area contributed by atoms with Crippen molar-refractivity contribution < 1.29 is 9.53 Å². The molecule has 0 unspecified atom stereocenters. The smallest absolute Gasteiger partial charge is 0.222 e. The molecule has 0 atom stereocenters. The summed E-state index contributed by atoms with van der Waals surface area (Å²) in [5.74, 6) is 1.69. The molecule has 2 rings (SSSR count). The number of carbonyl (C=O) groups is 1. The molecule has 1 saturated heterocycles. The van der Waals surface area contributed by atoms with Crippen LogP contribution in [-0.2, 0) is 11.3 Å². The highest BCUT2D eigenvalue weighted by molar-refractivity contribution is 5.79. The summed E-state index contributed by atoms with van der Waals surface area (Å²) in [4.78, 5) is 22.3. The average molecular weight is 347 g/mol. The van der Waals surface area contributed by atoms with Gasteiger partial charge in [0, 0.05) is 44.9 Å². The predicted octanol–water partition coefficient (Wildman–Crippen LogP) is 1.55. The van der Waals surface area contributed by atoms with Gasteiger partial charge in [0.2, 0.25) is 11.8 Å². The number of nitrogens with one attached hydrogen (secondary N) is 2. The zero-order valence-corrected chi connectivity index (χ0v) is 15.3. The lowest BCUT2D eigenvalue weighted by molar-refractivity contribution is -0.127. The maximum atomic E-state index is 11.6. The summed E-state index contributed by atoms with van der Waals surface area (Å²) in [7, 11) is 0. The molecule has 1 aliphatic heterocycles. The number of amides is 1. The Bertz CT molecular complexity index is 576. The molecule has 0 spiro atoms. The Kier molecular flexibility index (Phi) is 8.01. The lowest BCUT2D eigenvalue weighted by atomic mass is 10.3. The van der Waals surface area contributed by atoms with Gasteiger partial charge >= 0.3 is 0 Å². The molecule has 1 amide bonds. The molecule has 0 bridgehead atoms. The second-order valence-corrected chi connectivity index (χ2v) is 5.90. The molecule has 1 fully saturated rings. The molecule has 0 aromatic carbocycles. The molecule has 138 valence electrons. The van der Waals surface area contributed by atoms with Crippen molar-refractivity contribution in [1.29, 1.82) is 0 Å². The minimum absolute atomic E-state index is 0.281. The normalized spacial score (nSPS) is 14.7. The number of rotatable bonds is 9. The van der Waals surface area contributed by atoms with Crippen LogP contribution in [0.4, 0.5) is 0 Å². The van der Waals surface area contributed by atoms with E-state index in [2.05, 4.69) is 20.6 Å². The summed E-state index contributed by atoms with van der Waals surface area (Å²) >= 11 is 0. The highest BCUT2D eigenvalue weighted by Crippen LogP contribution is 2.10. The van der Waals surface area contributed by atoms with Crippen LogP contribution in [0.3, 0.4) is 0 Å². The maximum Gasteiger partial charge on any atom is 0.222 e. The highest BCUT2D eigenvalue weighted by atomic mass is 16.5. The number of aromatic nitrogens is 1. The van der Waals surface area contributed by atoms with Crippen LogP contribution >= 0.6 is 0 Å². The second-order valence-electron chi connectivity index (χ2n) is 5.90. The van der Waals surface area contributed by atoms with E-state index in [0.717, 1.165) is 50.5 Å². The first-order valence-electron chi connectivity index (χ1n) is 9.10. The highest BCUT2D eigenvalue weighted by Gasteiger charge is 2.18. The number of ether oxygens (including phenoxy) is 1. The Morgan fingerprint density at radius 1 is 1.40 bits per heavy atom. The zero-order valence-electron chi connectivity index (χ0n) is 15.3. The van der Waals surface area contributed by atoms with E-state index < -0.39 is 0 Å². The van der Waals surface area contributed by atoms with Gasteiger partial charge in [-0.25, -0.2) is 9.98 Å². The van der Waals surface area contributed by atoms with Gasteiger partial charge in [-0.1, -0.05) is 0 Å². The summed E-state index contributed by atoms with van der Waals surface area (Å²) in [6.45, 7) is 8.44. The molecule has 0 radical (unpaired) electrons. The van der Waals surface area contributed by atoms with Crippen molar-refractivity contribution in [3.05, 3.63) is 23.9 Å². The summed E-state index contributed by atoms with van der Waals surface area (Å²) in [6, 6.07) is 3.85. The lowest BCUT2D eigenvalue weighted by Crippen LogP contribution is -2.39. The van der Waals surface area contributed by atoms with Crippen molar-refractivity contribution in [2.75, 3.05) is 32.8 Å². The third-order valence-electron chi connectivity index (χ3n) is 3.92. The van der Waals surface area contributed by atoms with E-state index in [1.165, 1.54) is 0 Å². The first kappa shape index (κ1) is 19.0. The minimum atomic E-state index is 0.281. The molecule has 2 heterocycles. The Morgan fingerprint density at radius 3 is 3.00 bits per heavy atom. The second kappa shape index (κ2) is 10.5. The van der Waals surface area contributed by atoms with Crippen LogP contribution in [0.2, 0.25) is 0 Å². The Labute approximate surface area is 149 Å². The zero-order chi connectivity index (χ0) is 17.9. The van der Waals surface area contributed by atoms with Crippen LogP contribution in [-0.4, -0.2) is 54.5 Å². The Balaban J connectivity index is 1.79. The van der Waals surface area contributed by atoms with Gasteiger partial charge in [-0.15, -0.1) is 0 Å². The molecule has 1 aromatic rings. The number of nitrogens with zero attached hydrogens (tertiary/aromatic N) is 3. The van der Waals surface area contributed by atoms with E-state index in [-0.39, 0.29) is 5.91 Å². The fourth-order valence-corrected chi connectivity index (χ4v) is 2.70. The number of guanidine groups is 1. The van der Waals surface area contributed by atoms with E-state index in [1.807, 2.05) is 30.9 Å². The van der Waals surface area contributed by atoms with Gasteiger partial charge in [-0.05, 0) is 38.3 Å². The van der Waals surface area contributed by atoms with Crippen molar-refractivity contribution >= 4 is 11.9 Å². The third kappa shape index (κ3) is 6.60. The van der Waals surface area contributed by atoms with Gasteiger partial charge in [-0.3, -0.25) is 4.79 Å². The van der Waals surface area contributed by atoms with Crippen LogP contribution in [0.25, 0.3) is 0 Å². The molecule has 0 aliphatic carbocycles. The standard InChI is InChI=1S/C18H29N5O2/c1-3-19-18(21-9-6-12-23-11-5-7-17(23)24)22-14-15-8-10-20-16(13-15)25-4-2/h8,10,13H,3-7,9,11-12,14H2,1-2H3,(H2,19,21,22). The fourth-order valence-electron chi connectivity index (χ4n) is 2.70. The molecular formula is C18H29N5O2. The van der Waals surface area contributed by atoms with E-state index in [4.69, 9.17) is 4.74 Å². The van der Waals surface area contributed by atoms with Gasteiger partial charge in [-0.2, -0.15) is 0 Å². The summed E-state index contributed by atoms with van der Waals surface area (Å²) in [5, 5.41) is 6.56. The first-order valence-corrected chi connectivity index (χ1v) is 9.10. The molecular weight excluding hydrogens is 318 g/mol. The maximum absolute atomic E-state index is 11.6. The van der Waals surface area contributed by atoms with E-state index in [1.54, 1.807) is 6.20 Å². The van der Waals surface area contributed by atoms with Crippen LogP contribution in [0, 0.1) is 0 Å². The molecule has 7 heteroatoms. The molecule has 1 aromatic heterocycles. The Hall–Kier alpha value is -2.31. The number of hydrogen-bond acceptors (Lipinski definition) is 4. The minimum Gasteiger partial charge on any atom is -0.478 e. The van der Waals surface area contributed by atoms with Crippen molar-refractivity contribution in [2.24, 2.45) is 4.99 Å². The molecule has 1 aliphatic rings. The lowest BCUT2D eigenvalue weighted by Gasteiger charge is -2.16. The third-order valence-corrected chi connectivity index (χ3v) is 3.92. The van der Waals surface area contributed by atoms with Gasteiger partial charge in [0.25, 0.3) is 0 Å². The largest absolute Gasteiger partial charge is 0.478 e. The Morgan fingerprint density at radius 2 is 2.28 bits per heavy atom. The first-order chi connectivity index (χ1) is 12.2. The van der Waals surface area contributed by atoms with Crippen LogP contribution < -0.4 is 15.4 Å². The molecule has 25 heavy (non-hydrogen) atoms. The summed E-state index contributed by atoms with van der Waals surface area (Å²) < 4.78 is 5.41. The van der Waals surface area contributed by atoms with Crippen molar-refractivity contribution in [3.63, 3.8) is 0 Å². The van der Waals surface area contributed by atoms with E-state index in [9.17, 15) is 4.79 Å². The van der Waals surface area contributed by atoms with E-state index >= 15 is 0 Å². The molecule has 2 N–H and O–H groups in total. The molecule has 7 nitrogen and oxygen atoms in total. The van der Waals surface area contributed by atoms with Gasteiger partial charge in [0.15, 0.2) is 5.96 Å². The van der Waals surface area contributed by atoms with Crippen molar-refractivity contribution in [1.82, 2.24) is 20.5 Å². The SMILES string of the molecule is CCNC(=NCc1ccnc(OCC)c1)NCCCN1CCCC1=O. The predicted molar refractivity (Wildman–Crippen MR) is 98.7 cm³/mol. The summed E-state index contributed by atoms with van der Waals surface area (Å²) in [6.07, 6.45) is 4.35. The number of pyridine rings is 1. The van der Waals surface area contributed by atoms with Gasteiger partial charge in [0.05, 0.1) is 13.2 Å². The topological polar surface area (TPSA) is 78.9 Å². The number of hydrogen-bond donors (Lipinski definition) is 2. The quantitative estimate of drug-likeness (QED) is 0.402. The van der Waals surface area contributed by atoms with Crippen molar-refractivity contribution in [3.8, 4) is 5.88 Å². The van der Waals surface area contributed by atoms with Crippen LogP contribution in [0.15, 0.2) is 23.3 Å². The van der Waals surface area contributed by atoms with Crippen LogP contribution in [0.5, 0.6) is 5.88 Å². The van der Waals surface area contributed by atoms with Gasteiger partial charge < -0.3 is 20.3 Å². The monoisotopic (exact) mass is 347 g/mol. The number of likely N-dealkylation sites (tertiary alicyclic amines) is 1. The van der Waals surface area contributed by atoms with Crippen LogP contribution in [0.1, 0.15) is 38.7 Å². The van der Waals surface area contributed by atoms with Crippen molar-refractivity contribution in [2.45, 2.75) is 39.7 Å². The number of aliphatic imine (C=N–C) groups is 1. The average Bonchev–Trinajstić information content (AvgIpc) is 3.02. The summed E-state index contributed by atoms with van der Waals surface area (Å²) in [5.41, 5.74) is 1.05. The van der Waals surface area contributed by atoms with E-state index in [0.29, 0.717) is 25.5 Å². The number of carbonyl (C=O) groups excluding carboxylic acids is 1.